The Balaban J connectivity index is 1.97. The zero-order valence-corrected chi connectivity index (χ0v) is 11.0. The summed E-state index contributed by atoms with van der Waals surface area (Å²) < 4.78 is 4.85. The Kier molecular flexibility index (Phi) is 4.30. The van der Waals surface area contributed by atoms with Crippen LogP contribution < -0.4 is 5.32 Å². The predicted octanol–water partition coefficient (Wildman–Crippen LogP) is 0.982. The summed E-state index contributed by atoms with van der Waals surface area (Å²) in [4.78, 5) is 17.9. The second kappa shape index (κ2) is 5.95. The van der Waals surface area contributed by atoms with Crippen LogP contribution in [0.5, 0.6) is 0 Å². The number of likely N-dealkylation sites (N-methyl/N-ethyl adjacent to an activating group) is 1. The zero-order valence-electron chi connectivity index (χ0n) is 11.0. The van der Waals surface area contributed by atoms with Gasteiger partial charge in [0.1, 0.15) is 0 Å². The standard InChI is InChI=1S/C12H20N4O2/c1-3-16(8-10-6-4-5-7-13-10)12(17)11-14-9(2)18-15-11/h10,13H,3-8H2,1-2H3. The Bertz CT molecular complexity index is 399. The highest BCUT2D eigenvalue weighted by atomic mass is 16.5. The summed E-state index contributed by atoms with van der Waals surface area (Å²) in [6.07, 6.45) is 3.57. The Morgan fingerprint density at radius 2 is 2.39 bits per heavy atom. The molecule has 0 aliphatic carbocycles. The second-order valence-corrected chi connectivity index (χ2v) is 4.63. The molecule has 0 radical (unpaired) electrons. The first-order valence-corrected chi connectivity index (χ1v) is 6.53. The van der Waals surface area contributed by atoms with E-state index in [0.717, 1.165) is 13.0 Å². The van der Waals surface area contributed by atoms with Crippen molar-refractivity contribution >= 4 is 5.91 Å². The number of carbonyl (C=O) groups is 1. The van der Waals surface area contributed by atoms with Crippen molar-refractivity contribution in [2.45, 2.75) is 39.2 Å². The molecular weight excluding hydrogens is 232 g/mol. The fraction of sp³-hybridized carbons (Fsp3) is 0.750. The minimum atomic E-state index is -0.151. The molecule has 100 valence electrons. The summed E-state index contributed by atoms with van der Waals surface area (Å²) in [5, 5.41) is 7.12. The zero-order chi connectivity index (χ0) is 13.0. The number of hydrogen-bond acceptors (Lipinski definition) is 5. The minimum Gasteiger partial charge on any atom is -0.339 e. The van der Waals surface area contributed by atoms with Crippen molar-refractivity contribution in [1.29, 1.82) is 0 Å². The summed E-state index contributed by atoms with van der Waals surface area (Å²) >= 11 is 0. The van der Waals surface area contributed by atoms with Crippen LogP contribution in [0.2, 0.25) is 0 Å². The second-order valence-electron chi connectivity index (χ2n) is 4.63. The predicted molar refractivity (Wildman–Crippen MR) is 66.3 cm³/mol. The molecule has 1 fully saturated rings. The average molecular weight is 252 g/mol. The highest BCUT2D eigenvalue weighted by Crippen LogP contribution is 2.10. The molecule has 0 spiro atoms. The number of nitrogens with one attached hydrogen (secondary N) is 1. The number of aryl methyl sites for hydroxylation is 1. The van der Waals surface area contributed by atoms with Crippen LogP contribution in [0, 0.1) is 6.92 Å². The van der Waals surface area contributed by atoms with Crippen LogP contribution in [-0.4, -0.2) is 46.6 Å². The first-order valence-electron chi connectivity index (χ1n) is 6.53. The van der Waals surface area contributed by atoms with E-state index in [2.05, 4.69) is 15.5 Å². The van der Waals surface area contributed by atoms with Gasteiger partial charge in [0.05, 0.1) is 0 Å². The van der Waals surface area contributed by atoms with Crippen molar-refractivity contribution in [3.8, 4) is 0 Å². The van der Waals surface area contributed by atoms with Crippen LogP contribution in [0.15, 0.2) is 4.52 Å². The monoisotopic (exact) mass is 252 g/mol. The third kappa shape index (κ3) is 3.07. The molecule has 1 aliphatic heterocycles. The summed E-state index contributed by atoms with van der Waals surface area (Å²) in [5.74, 6) is 0.428. The largest absolute Gasteiger partial charge is 0.339 e. The maximum atomic E-state index is 12.2. The van der Waals surface area contributed by atoms with Gasteiger partial charge in [0, 0.05) is 26.1 Å². The van der Waals surface area contributed by atoms with Crippen LogP contribution in [0.1, 0.15) is 42.7 Å². The normalized spacial score (nSPS) is 19.8. The van der Waals surface area contributed by atoms with Crippen LogP contribution >= 0.6 is 0 Å². The van der Waals surface area contributed by atoms with E-state index in [1.807, 2.05) is 6.92 Å². The molecule has 0 aromatic carbocycles. The smallest absolute Gasteiger partial charge is 0.295 e. The number of nitrogens with zero attached hydrogens (tertiary/aromatic N) is 3. The Labute approximate surface area is 107 Å². The third-order valence-corrected chi connectivity index (χ3v) is 3.24. The molecule has 1 unspecified atom stereocenters. The van der Waals surface area contributed by atoms with E-state index >= 15 is 0 Å². The lowest BCUT2D eigenvalue weighted by molar-refractivity contribution is 0.0726. The van der Waals surface area contributed by atoms with Gasteiger partial charge in [0.2, 0.25) is 5.89 Å². The molecule has 1 aromatic rings. The van der Waals surface area contributed by atoms with Crippen LogP contribution in [-0.2, 0) is 0 Å². The van der Waals surface area contributed by atoms with E-state index in [1.54, 1.807) is 11.8 Å². The number of piperidine rings is 1. The van der Waals surface area contributed by atoms with E-state index in [9.17, 15) is 4.79 Å². The molecule has 0 bridgehead atoms. The number of amides is 1. The van der Waals surface area contributed by atoms with Crippen LogP contribution in [0.25, 0.3) is 0 Å². The van der Waals surface area contributed by atoms with E-state index in [4.69, 9.17) is 4.52 Å². The van der Waals surface area contributed by atoms with Gasteiger partial charge in [-0.25, -0.2) is 0 Å². The molecule has 1 saturated heterocycles. The van der Waals surface area contributed by atoms with Gasteiger partial charge < -0.3 is 14.7 Å². The number of carbonyl (C=O) groups excluding carboxylic acids is 1. The van der Waals surface area contributed by atoms with Crippen molar-refractivity contribution in [2.24, 2.45) is 0 Å². The van der Waals surface area contributed by atoms with E-state index in [-0.39, 0.29) is 11.7 Å². The van der Waals surface area contributed by atoms with E-state index < -0.39 is 0 Å². The van der Waals surface area contributed by atoms with Gasteiger partial charge in [-0.05, 0) is 26.3 Å². The first-order chi connectivity index (χ1) is 8.70. The molecule has 1 amide bonds. The minimum absolute atomic E-state index is 0.151. The lowest BCUT2D eigenvalue weighted by atomic mass is 10.0. The number of rotatable bonds is 4. The van der Waals surface area contributed by atoms with Crippen molar-refractivity contribution in [3.05, 3.63) is 11.7 Å². The van der Waals surface area contributed by atoms with Gasteiger partial charge in [0.25, 0.3) is 11.7 Å². The maximum absolute atomic E-state index is 12.2. The fourth-order valence-corrected chi connectivity index (χ4v) is 2.23. The van der Waals surface area contributed by atoms with Crippen LogP contribution in [0.4, 0.5) is 0 Å². The van der Waals surface area contributed by atoms with Crippen molar-refractivity contribution in [2.75, 3.05) is 19.6 Å². The summed E-state index contributed by atoms with van der Waals surface area (Å²) in [6, 6.07) is 0.385. The first kappa shape index (κ1) is 13.0. The number of aromatic nitrogens is 2. The maximum Gasteiger partial charge on any atom is 0.295 e. The summed E-state index contributed by atoms with van der Waals surface area (Å²) in [6.45, 7) is 6.06. The Morgan fingerprint density at radius 1 is 1.56 bits per heavy atom. The van der Waals surface area contributed by atoms with Gasteiger partial charge in [0.15, 0.2) is 0 Å². The molecular formula is C12H20N4O2. The summed E-state index contributed by atoms with van der Waals surface area (Å²) in [7, 11) is 0. The van der Waals surface area contributed by atoms with Crippen molar-refractivity contribution in [3.63, 3.8) is 0 Å². The van der Waals surface area contributed by atoms with Gasteiger partial charge in [-0.3, -0.25) is 4.79 Å². The quantitative estimate of drug-likeness (QED) is 0.865. The molecule has 18 heavy (non-hydrogen) atoms. The molecule has 6 heteroatoms. The van der Waals surface area contributed by atoms with E-state index in [0.29, 0.717) is 25.0 Å². The SMILES string of the molecule is CCN(CC1CCCCN1)C(=O)c1noc(C)n1. The summed E-state index contributed by atoms with van der Waals surface area (Å²) in [5.41, 5.74) is 0. The average Bonchev–Trinajstić information content (AvgIpc) is 2.83. The molecule has 1 N–H and O–H groups in total. The van der Waals surface area contributed by atoms with E-state index in [1.165, 1.54) is 12.8 Å². The highest BCUT2D eigenvalue weighted by Gasteiger charge is 2.23. The Hall–Kier alpha value is -1.43. The molecule has 2 rings (SSSR count). The third-order valence-electron chi connectivity index (χ3n) is 3.24. The van der Waals surface area contributed by atoms with Gasteiger partial charge in [-0.15, -0.1) is 0 Å². The highest BCUT2D eigenvalue weighted by molar-refractivity contribution is 5.90. The topological polar surface area (TPSA) is 71.3 Å². The van der Waals surface area contributed by atoms with Crippen LogP contribution in [0.3, 0.4) is 0 Å². The molecule has 1 aromatic heterocycles. The van der Waals surface area contributed by atoms with Crippen molar-refractivity contribution in [1.82, 2.24) is 20.4 Å². The van der Waals surface area contributed by atoms with Gasteiger partial charge >= 0.3 is 0 Å². The molecule has 1 aliphatic rings. The molecule has 6 nitrogen and oxygen atoms in total. The Morgan fingerprint density at radius 3 is 2.94 bits per heavy atom. The lowest BCUT2D eigenvalue weighted by Crippen LogP contribution is -2.45. The molecule has 1 atom stereocenters. The van der Waals surface area contributed by atoms with Crippen molar-refractivity contribution < 1.29 is 9.32 Å². The van der Waals surface area contributed by atoms with Gasteiger partial charge in [-0.2, -0.15) is 4.98 Å². The molecule has 0 saturated carbocycles. The van der Waals surface area contributed by atoms with Gasteiger partial charge in [-0.1, -0.05) is 11.6 Å². The molecule has 2 heterocycles. The number of hydrogen-bond donors (Lipinski definition) is 1. The lowest BCUT2D eigenvalue weighted by Gasteiger charge is -2.29. The fourth-order valence-electron chi connectivity index (χ4n) is 2.23.